The lowest BCUT2D eigenvalue weighted by Crippen LogP contribution is -2.13. The smallest absolute Gasteiger partial charge is 0.263 e. The fraction of sp³-hybridized carbons (Fsp3) is 0.167. The van der Waals surface area contributed by atoms with Crippen LogP contribution in [-0.4, -0.2) is 8.42 Å². The molecule has 0 radical (unpaired) electrons. The Balaban J connectivity index is 2.37. The third kappa shape index (κ3) is 3.38. The molecule has 0 spiro atoms. The molecule has 4 nitrogen and oxygen atoms in total. The van der Waals surface area contributed by atoms with E-state index in [1.165, 1.54) is 23.5 Å². The number of rotatable bonds is 4. The van der Waals surface area contributed by atoms with Gasteiger partial charge >= 0.3 is 0 Å². The molecule has 0 aliphatic carbocycles. The quantitative estimate of drug-likeness (QED) is 0.857. The normalized spacial score (nSPS) is 11.6. The Morgan fingerprint density at radius 1 is 1.35 bits per heavy atom. The van der Waals surface area contributed by atoms with Crippen molar-refractivity contribution in [2.45, 2.75) is 18.4 Å². The van der Waals surface area contributed by atoms with Crippen molar-refractivity contribution in [1.29, 1.82) is 0 Å². The van der Waals surface area contributed by atoms with Crippen LogP contribution in [0.1, 0.15) is 10.4 Å². The summed E-state index contributed by atoms with van der Waals surface area (Å²) in [6.45, 7) is 1.95. The minimum atomic E-state index is -3.78. The van der Waals surface area contributed by atoms with Gasteiger partial charge in [-0.1, -0.05) is 0 Å². The molecule has 0 aliphatic heterocycles. The summed E-state index contributed by atoms with van der Waals surface area (Å²) >= 11 is 4.46. The van der Waals surface area contributed by atoms with Crippen molar-refractivity contribution in [2.24, 2.45) is 5.73 Å². The van der Waals surface area contributed by atoms with Crippen LogP contribution >= 0.6 is 27.3 Å². The van der Waals surface area contributed by atoms with E-state index in [2.05, 4.69) is 20.7 Å². The number of hydrogen-bond acceptors (Lipinski definition) is 4. The molecule has 0 fully saturated rings. The van der Waals surface area contributed by atoms with Gasteiger partial charge in [0.15, 0.2) is 0 Å². The van der Waals surface area contributed by atoms with E-state index < -0.39 is 15.8 Å². The van der Waals surface area contributed by atoms with Gasteiger partial charge in [0.2, 0.25) is 0 Å². The van der Waals surface area contributed by atoms with Crippen LogP contribution in [0.4, 0.5) is 10.1 Å². The van der Waals surface area contributed by atoms with Crippen molar-refractivity contribution < 1.29 is 12.8 Å². The van der Waals surface area contributed by atoms with Crippen LogP contribution in [0.2, 0.25) is 0 Å². The van der Waals surface area contributed by atoms with Gasteiger partial charge in [0.1, 0.15) is 10.7 Å². The predicted molar refractivity (Wildman–Crippen MR) is 81.9 cm³/mol. The largest absolute Gasteiger partial charge is 0.326 e. The van der Waals surface area contributed by atoms with Crippen LogP contribution in [-0.2, 0) is 16.6 Å². The molecule has 0 saturated heterocycles. The molecule has 0 amide bonds. The van der Waals surface area contributed by atoms with Gasteiger partial charge in [-0.15, -0.1) is 11.3 Å². The minimum Gasteiger partial charge on any atom is -0.326 e. The summed E-state index contributed by atoms with van der Waals surface area (Å²) < 4.78 is 40.7. The van der Waals surface area contributed by atoms with Crippen molar-refractivity contribution in [3.8, 4) is 0 Å². The Labute approximate surface area is 129 Å². The first-order valence-corrected chi connectivity index (χ1v) is 8.69. The fourth-order valence-electron chi connectivity index (χ4n) is 1.69. The molecule has 1 heterocycles. The molecular formula is C12H12BrFN2O2S2. The molecule has 0 bridgehead atoms. The summed E-state index contributed by atoms with van der Waals surface area (Å²) in [5, 5.41) is 0. The van der Waals surface area contributed by atoms with Crippen molar-refractivity contribution in [3.05, 3.63) is 44.3 Å². The lowest BCUT2D eigenvalue weighted by molar-refractivity contribution is 0.601. The second kappa shape index (κ2) is 5.80. The van der Waals surface area contributed by atoms with E-state index in [4.69, 9.17) is 5.73 Å². The molecule has 0 atom stereocenters. The highest BCUT2D eigenvalue weighted by Crippen LogP contribution is 2.32. The Bertz CT molecular complexity index is 724. The lowest BCUT2D eigenvalue weighted by atomic mass is 10.2. The van der Waals surface area contributed by atoms with Crippen LogP contribution in [0.15, 0.2) is 32.9 Å². The van der Waals surface area contributed by atoms with Crippen LogP contribution in [0.25, 0.3) is 0 Å². The maximum Gasteiger partial charge on any atom is 0.263 e. The summed E-state index contributed by atoms with van der Waals surface area (Å²) in [6.07, 6.45) is 0. The highest BCUT2D eigenvalue weighted by Gasteiger charge is 2.21. The summed E-state index contributed by atoms with van der Waals surface area (Å²) in [5.74, 6) is -0.491. The topological polar surface area (TPSA) is 72.2 Å². The molecule has 20 heavy (non-hydrogen) atoms. The number of benzene rings is 1. The predicted octanol–water partition coefficient (Wildman–Crippen LogP) is 3.22. The van der Waals surface area contributed by atoms with E-state index in [0.717, 1.165) is 10.9 Å². The van der Waals surface area contributed by atoms with Crippen LogP contribution in [0.3, 0.4) is 0 Å². The molecule has 0 aliphatic rings. The summed E-state index contributed by atoms with van der Waals surface area (Å²) in [6, 6.07) is 5.52. The first-order valence-electron chi connectivity index (χ1n) is 5.60. The van der Waals surface area contributed by atoms with Gasteiger partial charge in [0, 0.05) is 11.4 Å². The fourth-order valence-corrected chi connectivity index (χ4v) is 5.29. The van der Waals surface area contributed by atoms with Crippen LogP contribution < -0.4 is 10.5 Å². The third-order valence-electron chi connectivity index (χ3n) is 2.49. The second-order valence-corrected chi connectivity index (χ2v) is 8.28. The number of nitrogens with two attached hydrogens (primary N) is 1. The number of anilines is 1. The van der Waals surface area contributed by atoms with Crippen molar-refractivity contribution >= 4 is 43.0 Å². The lowest BCUT2D eigenvalue weighted by Gasteiger charge is -2.08. The molecular weight excluding hydrogens is 367 g/mol. The molecule has 2 rings (SSSR count). The van der Waals surface area contributed by atoms with Gasteiger partial charge in [-0.3, -0.25) is 4.72 Å². The number of nitrogens with one attached hydrogen (secondary N) is 1. The third-order valence-corrected chi connectivity index (χ3v) is 6.15. The molecule has 2 aromatic rings. The maximum atomic E-state index is 13.3. The number of thiophene rings is 1. The zero-order valence-corrected chi connectivity index (χ0v) is 13.7. The number of aryl methyl sites for hydroxylation is 1. The number of hydrogen-bond donors (Lipinski definition) is 2. The van der Waals surface area contributed by atoms with E-state index in [-0.39, 0.29) is 17.1 Å². The van der Waals surface area contributed by atoms with E-state index in [1.807, 2.05) is 0 Å². The Morgan fingerprint density at radius 3 is 2.60 bits per heavy atom. The number of sulfonamides is 1. The molecule has 1 aromatic carbocycles. The Kier molecular flexibility index (Phi) is 4.48. The molecule has 0 unspecified atom stereocenters. The van der Waals surface area contributed by atoms with E-state index >= 15 is 0 Å². The highest BCUT2D eigenvalue weighted by molar-refractivity contribution is 9.11. The van der Waals surface area contributed by atoms with E-state index in [9.17, 15) is 12.8 Å². The summed E-state index contributed by atoms with van der Waals surface area (Å²) in [4.78, 5) is 0.845. The van der Waals surface area contributed by atoms with Crippen molar-refractivity contribution in [2.75, 3.05) is 4.72 Å². The van der Waals surface area contributed by atoms with E-state index in [0.29, 0.717) is 9.35 Å². The molecule has 0 saturated carbocycles. The molecule has 108 valence electrons. The highest BCUT2D eigenvalue weighted by atomic mass is 79.9. The average Bonchev–Trinajstić information content (AvgIpc) is 2.69. The van der Waals surface area contributed by atoms with Gasteiger partial charge in [-0.25, -0.2) is 12.8 Å². The monoisotopic (exact) mass is 378 g/mol. The SMILES string of the molecule is Cc1cc(F)cc(NS(=O)(=O)c2cc(CN)sc2Br)c1. The standard InChI is InChI=1S/C12H12BrFN2O2S2/c1-7-2-8(14)4-9(3-7)16-20(17,18)11-5-10(6-15)19-12(11)13/h2-5,16H,6,15H2,1H3. The second-order valence-electron chi connectivity index (χ2n) is 4.18. The van der Waals surface area contributed by atoms with Gasteiger partial charge in [-0.05, 0) is 52.7 Å². The maximum absolute atomic E-state index is 13.3. The summed E-state index contributed by atoms with van der Waals surface area (Å²) in [7, 11) is -3.78. The first kappa shape index (κ1) is 15.4. The average molecular weight is 379 g/mol. The zero-order valence-electron chi connectivity index (χ0n) is 10.5. The van der Waals surface area contributed by atoms with Gasteiger partial charge in [0.05, 0.1) is 9.47 Å². The molecule has 3 N–H and O–H groups in total. The van der Waals surface area contributed by atoms with E-state index in [1.54, 1.807) is 13.0 Å². The molecule has 1 aromatic heterocycles. The van der Waals surface area contributed by atoms with Gasteiger partial charge in [-0.2, -0.15) is 0 Å². The Morgan fingerprint density at radius 2 is 2.05 bits per heavy atom. The summed E-state index contributed by atoms with van der Waals surface area (Å²) in [5.41, 5.74) is 6.32. The first-order chi connectivity index (χ1) is 9.31. The van der Waals surface area contributed by atoms with Crippen molar-refractivity contribution in [1.82, 2.24) is 0 Å². The molecule has 8 heteroatoms. The zero-order chi connectivity index (χ0) is 14.9. The van der Waals surface area contributed by atoms with Gasteiger partial charge in [0.25, 0.3) is 10.0 Å². The van der Waals surface area contributed by atoms with Crippen LogP contribution in [0, 0.1) is 12.7 Å². The van der Waals surface area contributed by atoms with Crippen molar-refractivity contribution in [3.63, 3.8) is 0 Å². The van der Waals surface area contributed by atoms with Gasteiger partial charge < -0.3 is 5.73 Å². The van der Waals surface area contributed by atoms with Crippen LogP contribution in [0.5, 0.6) is 0 Å². The number of halogens is 2. The minimum absolute atomic E-state index is 0.102. The Hall–Kier alpha value is -0.960.